The average Bonchev–Trinajstić information content (AvgIpc) is 2.99. The van der Waals surface area contributed by atoms with Crippen LogP contribution in [-0.4, -0.2) is 23.2 Å². The molecule has 4 heteroatoms. The molecule has 1 aliphatic carbocycles. The first-order valence-electron chi connectivity index (χ1n) is 6.83. The fourth-order valence-electron chi connectivity index (χ4n) is 3.10. The van der Waals surface area contributed by atoms with Gasteiger partial charge >= 0.3 is 0 Å². The van der Waals surface area contributed by atoms with Crippen molar-refractivity contribution in [2.75, 3.05) is 13.1 Å². The minimum atomic E-state index is 0.151. The zero-order valence-corrected chi connectivity index (χ0v) is 10.5. The maximum absolute atomic E-state index is 5.52. The molecule has 2 fully saturated rings. The van der Waals surface area contributed by atoms with Crippen molar-refractivity contribution in [3.63, 3.8) is 0 Å². The van der Waals surface area contributed by atoms with Gasteiger partial charge in [0.1, 0.15) is 0 Å². The van der Waals surface area contributed by atoms with E-state index in [4.69, 9.17) is 4.52 Å². The van der Waals surface area contributed by atoms with Crippen LogP contribution in [0.25, 0.3) is 0 Å². The molecule has 0 spiro atoms. The van der Waals surface area contributed by atoms with Gasteiger partial charge in [0.15, 0.2) is 5.82 Å². The summed E-state index contributed by atoms with van der Waals surface area (Å²) in [7, 11) is 0. The second-order valence-corrected chi connectivity index (χ2v) is 5.75. The monoisotopic (exact) mass is 235 g/mol. The van der Waals surface area contributed by atoms with Gasteiger partial charge in [0.2, 0.25) is 5.89 Å². The Morgan fingerprint density at radius 2 is 1.94 bits per heavy atom. The molecule has 17 heavy (non-hydrogen) atoms. The Labute approximate surface area is 102 Å². The molecule has 2 aliphatic rings. The molecular weight excluding hydrogens is 214 g/mol. The van der Waals surface area contributed by atoms with Crippen molar-refractivity contribution in [1.29, 1.82) is 0 Å². The molecule has 1 aliphatic heterocycles. The highest BCUT2D eigenvalue weighted by molar-refractivity contribution is 5.08. The summed E-state index contributed by atoms with van der Waals surface area (Å²) in [5.41, 5.74) is 0.151. The van der Waals surface area contributed by atoms with Gasteiger partial charge in [-0.25, -0.2) is 0 Å². The molecule has 0 unspecified atom stereocenters. The third kappa shape index (κ3) is 2.10. The van der Waals surface area contributed by atoms with Crippen LogP contribution in [0.3, 0.4) is 0 Å². The van der Waals surface area contributed by atoms with E-state index in [1.54, 1.807) is 0 Å². The SMILES string of the molecule is CC1(c2nc(C3CCNCC3)no2)CCCC1. The van der Waals surface area contributed by atoms with Gasteiger partial charge < -0.3 is 9.84 Å². The highest BCUT2D eigenvalue weighted by Crippen LogP contribution is 2.40. The number of aromatic nitrogens is 2. The zero-order chi connectivity index (χ0) is 11.7. The fourth-order valence-corrected chi connectivity index (χ4v) is 3.10. The summed E-state index contributed by atoms with van der Waals surface area (Å²) >= 11 is 0. The van der Waals surface area contributed by atoms with E-state index >= 15 is 0 Å². The van der Waals surface area contributed by atoms with Crippen molar-refractivity contribution < 1.29 is 4.52 Å². The van der Waals surface area contributed by atoms with Crippen LogP contribution in [0.2, 0.25) is 0 Å². The summed E-state index contributed by atoms with van der Waals surface area (Å²) in [4.78, 5) is 4.68. The van der Waals surface area contributed by atoms with E-state index in [1.807, 2.05) is 0 Å². The molecule has 1 N–H and O–H groups in total. The van der Waals surface area contributed by atoms with Gasteiger partial charge in [0, 0.05) is 11.3 Å². The molecule has 0 atom stereocenters. The fraction of sp³-hybridized carbons (Fsp3) is 0.846. The Bertz CT molecular complexity index is 376. The molecule has 1 aromatic rings. The van der Waals surface area contributed by atoms with Crippen LogP contribution < -0.4 is 5.32 Å². The number of piperidine rings is 1. The Balaban J connectivity index is 1.77. The summed E-state index contributed by atoms with van der Waals surface area (Å²) in [6, 6.07) is 0. The van der Waals surface area contributed by atoms with Crippen molar-refractivity contribution in [1.82, 2.24) is 15.5 Å². The number of hydrogen-bond acceptors (Lipinski definition) is 4. The average molecular weight is 235 g/mol. The molecular formula is C13H21N3O. The van der Waals surface area contributed by atoms with E-state index in [2.05, 4.69) is 22.4 Å². The second kappa shape index (κ2) is 4.41. The lowest BCUT2D eigenvalue weighted by atomic mass is 9.89. The predicted octanol–water partition coefficient (Wildman–Crippen LogP) is 2.37. The van der Waals surface area contributed by atoms with Gasteiger partial charge in [0.25, 0.3) is 0 Å². The van der Waals surface area contributed by atoms with Crippen molar-refractivity contribution in [3.05, 3.63) is 11.7 Å². The van der Waals surface area contributed by atoms with Gasteiger partial charge in [-0.3, -0.25) is 0 Å². The van der Waals surface area contributed by atoms with Gasteiger partial charge in [-0.05, 0) is 38.8 Å². The van der Waals surface area contributed by atoms with Crippen LogP contribution in [0, 0.1) is 0 Å². The highest BCUT2D eigenvalue weighted by Gasteiger charge is 2.36. The number of nitrogens with one attached hydrogen (secondary N) is 1. The lowest BCUT2D eigenvalue weighted by Gasteiger charge is -2.19. The summed E-state index contributed by atoms with van der Waals surface area (Å²) in [5, 5.41) is 7.58. The van der Waals surface area contributed by atoms with E-state index in [-0.39, 0.29) is 5.41 Å². The quantitative estimate of drug-likeness (QED) is 0.855. The normalized spacial score (nSPS) is 25.2. The summed E-state index contributed by atoms with van der Waals surface area (Å²) in [6.07, 6.45) is 7.25. The Kier molecular flexibility index (Phi) is 2.90. The summed E-state index contributed by atoms with van der Waals surface area (Å²) in [5.74, 6) is 2.32. The maximum atomic E-state index is 5.52. The summed E-state index contributed by atoms with van der Waals surface area (Å²) < 4.78 is 5.52. The van der Waals surface area contributed by atoms with Crippen LogP contribution in [0.15, 0.2) is 4.52 Å². The molecule has 94 valence electrons. The van der Waals surface area contributed by atoms with Crippen LogP contribution in [-0.2, 0) is 5.41 Å². The molecule has 4 nitrogen and oxygen atoms in total. The van der Waals surface area contributed by atoms with E-state index in [0.29, 0.717) is 5.92 Å². The predicted molar refractivity (Wildman–Crippen MR) is 65.0 cm³/mol. The topological polar surface area (TPSA) is 51.0 Å². The van der Waals surface area contributed by atoms with Crippen LogP contribution in [0.4, 0.5) is 0 Å². The van der Waals surface area contributed by atoms with Crippen molar-refractivity contribution in [3.8, 4) is 0 Å². The Morgan fingerprint density at radius 1 is 1.24 bits per heavy atom. The second-order valence-electron chi connectivity index (χ2n) is 5.75. The van der Waals surface area contributed by atoms with Gasteiger partial charge in [-0.1, -0.05) is 24.9 Å². The molecule has 2 heterocycles. The van der Waals surface area contributed by atoms with E-state index < -0.39 is 0 Å². The third-order valence-electron chi connectivity index (χ3n) is 4.37. The first kappa shape index (κ1) is 11.2. The van der Waals surface area contributed by atoms with Crippen LogP contribution >= 0.6 is 0 Å². The molecule has 0 aromatic carbocycles. The molecule has 0 bridgehead atoms. The number of rotatable bonds is 2. The van der Waals surface area contributed by atoms with Gasteiger partial charge in [0.05, 0.1) is 0 Å². The molecule has 0 radical (unpaired) electrons. The van der Waals surface area contributed by atoms with Crippen molar-refractivity contribution in [2.24, 2.45) is 0 Å². The van der Waals surface area contributed by atoms with E-state index in [9.17, 15) is 0 Å². The van der Waals surface area contributed by atoms with E-state index in [1.165, 1.54) is 25.7 Å². The molecule has 1 aromatic heterocycles. The highest BCUT2D eigenvalue weighted by atomic mass is 16.5. The third-order valence-corrected chi connectivity index (χ3v) is 4.37. The Morgan fingerprint density at radius 3 is 2.65 bits per heavy atom. The molecule has 3 rings (SSSR count). The number of nitrogens with zero attached hydrogens (tertiary/aromatic N) is 2. The lowest BCUT2D eigenvalue weighted by Crippen LogP contribution is -2.27. The molecule has 1 saturated heterocycles. The minimum absolute atomic E-state index is 0.151. The molecule has 1 saturated carbocycles. The Hall–Kier alpha value is -0.900. The zero-order valence-electron chi connectivity index (χ0n) is 10.5. The van der Waals surface area contributed by atoms with Gasteiger partial charge in [-0.2, -0.15) is 4.98 Å². The minimum Gasteiger partial charge on any atom is -0.339 e. The standard InChI is InChI=1S/C13H21N3O/c1-13(6-2-3-7-13)12-15-11(16-17-12)10-4-8-14-9-5-10/h10,14H,2-9H2,1H3. The molecule has 0 amide bonds. The van der Waals surface area contributed by atoms with Crippen molar-refractivity contribution in [2.45, 2.75) is 56.8 Å². The first-order chi connectivity index (χ1) is 8.28. The van der Waals surface area contributed by atoms with Crippen LogP contribution in [0.1, 0.15) is 63.1 Å². The smallest absolute Gasteiger partial charge is 0.232 e. The lowest BCUT2D eigenvalue weighted by molar-refractivity contribution is 0.292. The van der Waals surface area contributed by atoms with Gasteiger partial charge in [-0.15, -0.1) is 0 Å². The van der Waals surface area contributed by atoms with Crippen LogP contribution in [0.5, 0.6) is 0 Å². The van der Waals surface area contributed by atoms with Crippen molar-refractivity contribution >= 4 is 0 Å². The largest absolute Gasteiger partial charge is 0.339 e. The summed E-state index contributed by atoms with van der Waals surface area (Å²) in [6.45, 7) is 4.41. The number of hydrogen-bond donors (Lipinski definition) is 1. The maximum Gasteiger partial charge on any atom is 0.232 e. The first-order valence-corrected chi connectivity index (χ1v) is 6.83. The van der Waals surface area contributed by atoms with E-state index in [0.717, 1.165) is 37.6 Å².